The molecule has 0 spiro atoms. The summed E-state index contributed by atoms with van der Waals surface area (Å²) >= 11 is 6.94. The normalized spacial score (nSPS) is 11.6. The molecule has 0 saturated carbocycles. The van der Waals surface area contributed by atoms with Gasteiger partial charge in [-0.25, -0.2) is 0 Å². The van der Waals surface area contributed by atoms with Gasteiger partial charge in [0.1, 0.15) is 0 Å². The summed E-state index contributed by atoms with van der Waals surface area (Å²) in [6.45, 7) is 0. The third kappa shape index (κ3) is 2.25. The second kappa shape index (κ2) is 3.79. The Hall–Kier alpha value is -0.462. The quantitative estimate of drug-likeness (QED) is 0.334. The summed E-state index contributed by atoms with van der Waals surface area (Å²) in [6.07, 6.45) is 0. The Bertz CT molecular complexity index is 270. The molecule has 1 N–H and O–H groups in total. The molecule has 1 unspecified atom stereocenters. The summed E-state index contributed by atoms with van der Waals surface area (Å²) in [4.78, 5) is 0. The molecule has 0 radical (unpaired) electrons. The molecule has 0 aliphatic carbocycles. The molecular weight excluding hydrogens is 224 g/mol. The third-order valence-electron chi connectivity index (χ3n) is 1.25. The van der Waals surface area contributed by atoms with Crippen LogP contribution in [0.4, 0.5) is 0 Å². The van der Waals surface area contributed by atoms with Crippen molar-refractivity contribution in [2.75, 3.05) is 0 Å². The maximum atomic E-state index is 8.43. The monoisotopic (exact) mass is 231 g/mol. The number of rotatable bonds is 1. The third-order valence-corrected chi connectivity index (χ3v) is 2.44. The first-order valence-electron chi connectivity index (χ1n) is 2.97. The predicted molar refractivity (Wildman–Crippen MR) is 48.3 cm³/mol. The van der Waals surface area contributed by atoms with Crippen LogP contribution in [0, 0.1) is 0 Å². The van der Waals surface area contributed by atoms with Gasteiger partial charge in [-0.3, -0.25) is 0 Å². The van der Waals surface area contributed by atoms with E-state index < -0.39 is 0 Å². The van der Waals surface area contributed by atoms with Crippen LogP contribution < -0.4 is 0 Å². The molecule has 0 aromatic heterocycles. The van der Waals surface area contributed by atoms with Gasteiger partial charge >= 0.3 is 78.2 Å². The average Bonchev–Trinajstić information content (AvgIpc) is 2.05. The maximum absolute atomic E-state index is 8.43. The first-order chi connectivity index (χ1) is 5.24. The molecule has 1 aromatic carbocycles. The van der Waals surface area contributed by atoms with Gasteiger partial charge in [0.15, 0.2) is 0 Å². The Morgan fingerprint density at radius 3 is 2.36 bits per heavy atom. The van der Waals surface area contributed by atoms with Crippen LogP contribution in [0.2, 0.25) is 5.02 Å². The zero-order valence-corrected chi connectivity index (χ0v) is 8.84. The molecule has 0 fully saturated rings. The molecule has 1 aromatic rings. The topological polar surface area (TPSA) is 32.6 Å². The number of hydrogen-bond donors (Lipinski definition) is 1. The standard InChI is InChI=1S/C7H7AsClNO/c8-7(10-11)5-1-3-6(9)4-2-5/h1-4,11H,8H2/b10-7+. The summed E-state index contributed by atoms with van der Waals surface area (Å²) < 4.78 is 0.647. The molecule has 0 amide bonds. The first kappa shape index (κ1) is 8.63. The number of hydrogen-bond acceptors (Lipinski definition) is 2. The van der Waals surface area contributed by atoms with E-state index in [1.54, 1.807) is 12.1 Å². The molecule has 0 heterocycles. The molecule has 1 atom stereocenters. The summed E-state index contributed by atoms with van der Waals surface area (Å²) in [7, 11) is 0. The van der Waals surface area contributed by atoms with E-state index in [9.17, 15) is 0 Å². The molecule has 11 heavy (non-hydrogen) atoms. The van der Waals surface area contributed by atoms with E-state index in [0.29, 0.717) is 9.52 Å². The summed E-state index contributed by atoms with van der Waals surface area (Å²) in [6, 6.07) is 7.17. The average molecular weight is 232 g/mol. The van der Waals surface area contributed by atoms with Gasteiger partial charge in [-0.15, -0.1) is 0 Å². The van der Waals surface area contributed by atoms with Crippen LogP contribution >= 0.6 is 11.6 Å². The Morgan fingerprint density at radius 2 is 1.91 bits per heavy atom. The fraction of sp³-hybridized carbons (Fsp3) is 0. The van der Waals surface area contributed by atoms with Gasteiger partial charge in [-0.2, -0.15) is 0 Å². The molecule has 4 heteroatoms. The van der Waals surface area contributed by atoms with Gasteiger partial charge in [0.25, 0.3) is 0 Å². The second-order valence-electron chi connectivity index (χ2n) is 1.99. The van der Waals surface area contributed by atoms with E-state index in [4.69, 9.17) is 16.8 Å². The van der Waals surface area contributed by atoms with Crippen molar-refractivity contribution in [1.82, 2.24) is 0 Å². The van der Waals surface area contributed by atoms with Gasteiger partial charge in [-0.1, -0.05) is 0 Å². The minimum absolute atomic E-state index is 0.647. The zero-order chi connectivity index (χ0) is 8.27. The van der Waals surface area contributed by atoms with Crippen LogP contribution in [-0.4, -0.2) is 26.6 Å². The van der Waals surface area contributed by atoms with Gasteiger partial charge < -0.3 is 0 Å². The van der Waals surface area contributed by atoms with Crippen LogP contribution in [0.5, 0.6) is 0 Å². The fourth-order valence-corrected chi connectivity index (χ4v) is 1.21. The predicted octanol–water partition coefficient (Wildman–Crippen LogP) is 1.11. The molecule has 0 aliphatic rings. The van der Waals surface area contributed by atoms with Gasteiger partial charge in [-0.05, 0) is 0 Å². The van der Waals surface area contributed by atoms with Crippen LogP contribution in [0.25, 0.3) is 0 Å². The van der Waals surface area contributed by atoms with E-state index in [0.717, 1.165) is 5.56 Å². The SMILES string of the molecule is O/N=C(/[AsH2])c1ccc(Cl)cc1. The minimum atomic E-state index is 0.647. The van der Waals surface area contributed by atoms with E-state index in [2.05, 4.69) is 5.16 Å². The Labute approximate surface area is 78.4 Å². The second-order valence-corrected chi connectivity index (χ2v) is 3.58. The van der Waals surface area contributed by atoms with Gasteiger partial charge in [0.05, 0.1) is 0 Å². The van der Waals surface area contributed by atoms with Crippen LogP contribution in [-0.2, 0) is 0 Å². The Balaban J connectivity index is 2.99. The zero-order valence-electron chi connectivity index (χ0n) is 5.66. The number of oxime groups is 1. The summed E-state index contributed by atoms with van der Waals surface area (Å²) in [5.41, 5.74) is 0.900. The number of nitrogens with zero attached hydrogens (tertiary/aromatic N) is 1. The number of benzene rings is 1. The van der Waals surface area contributed by atoms with Crippen molar-refractivity contribution in [2.24, 2.45) is 5.16 Å². The molecule has 2 nitrogen and oxygen atoms in total. The van der Waals surface area contributed by atoms with Crippen molar-refractivity contribution in [2.45, 2.75) is 0 Å². The van der Waals surface area contributed by atoms with E-state index in [1.807, 2.05) is 12.1 Å². The van der Waals surface area contributed by atoms with Gasteiger partial charge in [0.2, 0.25) is 0 Å². The van der Waals surface area contributed by atoms with Gasteiger partial charge in [0, 0.05) is 0 Å². The van der Waals surface area contributed by atoms with Crippen LogP contribution in [0.3, 0.4) is 0 Å². The summed E-state index contributed by atoms with van der Waals surface area (Å²) in [5.74, 6) is 0. The molecule has 0 bridgehead atoms. The Kier molecular flexibility index (Phi) is 2.98. The van der Waals surface area contributed by atoms with E-state index in [-0.39, 0.29) is 0 Å². The molecule has 1 rings (SSSR count). The van der Waals surface area contributed by atoms with Crippen LogP contribution in [0.15, 0.2) is 29.4 Å². The molecule has 0 saturated heterocycles. The van der Waals surface area contributed by atoms with Crippen molar-refractivity contribution in [3.8, 4) is 0 Å². The van der Waals surface area contributed by atoms with Crippen molar-refractivity contribution in [3.63, 3.8) is 0 Å². The molecular formula is C7H7AsClNO. The molecule has 0 aliphatic heterocycles. The van der Waals surface area contributed by atoms with Crippen molar-refractivity contribution in [1.29, 1.82) is 0 Å². The molecule has 58 valence electrons. The van der Waals surface area contributed by atoms with Crippen LogP contribution in [0.1, 0.15) is 5.56 Å². The number of halogens is 1. The summed E-state index contributed by atoms with van der Waals surface area (Å²) in [5, 5.41) is 12.2. The van der Waals surface area contributed by atoms with Crippen molar-refractivity contribution >= 4 is 33.0 Å². The van der Waals surface area contributed by atoms with Crippen molar-refractivity contribution < 1.29 is 5.21 Å². The van der Waals surface area contributed by atoms with Crippen molar-refractivity contribution in [3.05, 3.63) is 34.9 Å². The van der Waals surface area contributed by atoms with E-state index >= 15 is 0 Å². The fourth-order valence-electron chi connectivity index (χ4n) is 0.678. The van der Waals surface area contributed by atoms with E-state index in [1.165, 1.54) is 16.9 Å². The Morgan fingerprint density at radius 1 is 1.36 bits per heavy atom. The first-order valence-corrected chi connectivity index (χ1v) is 4.56.